The number of carbonyl (C=O) groups is 1. The van der Waals surface area contributed by atoms with Crippen molar-refractivity contribution in [2.45, 2.75) is 58.6 Å². The topological polar surface area (TPSA) is 49.3 Å². The first-order valence-corrected chi connectivity index (χ1v) is 5.79. The van der Waals surface area contributed by atoms with Crippen LogP contribution >= 0.6 is 0 Å². The molecule has 1 saturated carbocycles. The van der Waals surface area contributed by atoms with E-state index >= 15 is 0 Å². The summed E-state index contributed by atoms with van der Waals surface area (Å²) in [6.07, 6.45) is 2.71. The molecule has 0 bridgehead atoms. The van der Waals surface area contributed by atoms with E-state index in [1.807, 2.05) is 13.8 Å². The number of hydrogen-bond acceptors (Lipinski definition) is 2. The number of amides is 1. The van der Waals surface area contributed by atoms with Crippen molar-refractivity contribution in [3.05, 3.63) is 0 Å². The molecule has 3 nitrogen and oxygen atoms in total. The summed E-state index contributed by atoms with van der Waals surface area (Å²) in [4.78, 5) is 11.1. The molecule has 2 N–H and O–H groups in total. The summed E-state index contributed by atoms with van der Waals surface area (Å²) < 4.78 is 0. The van der Waals surface area contributed by atoms with Gasteiger partial charge in [-0.1, -0.05) is 13.3 Å². The fourth-order valence-corrected chi connectivity index (χ4v) is 2.74. The Morgan fingerprint density at radius 1 is 1.40 bits per heavy atom. The first kappa shape index (κ1) is 12.5. The second-order valence-corrected chi connectivity index (χ2v) is 5.49. The molecule has 1 fully saturated rings. The number of carbonyl (C=O) groups excluding carboxylic acids is 1. The maximum atomic E-state index is 11.1. The largest absolute Gasteiger partial charge is 0.393 e. The molecule has 0 aromatic rings. The molecule has 1 amide bonds. The van der Waals surface area contributed by atoms with E-state index in [1.54, 1.807) is 0 Å². The highest BCUT2D eigenvalue weighted by Gasteiger charge is 2.38. The van der Waals surface area contributed by atoms with Gasteiger partial charge in [0, 0.05) is 18.4 Å². The van der Waals surface area contributed by atoms with Crippen molar-refractivity contribution >= 4 is 5.91 Å². The van der Waals surface area contributed by atoms with Crippen molar-refractivity contribution in [1.82, 2.24) is 5.32 Å². The van der Waals surface area contributed by atoms with E-state index in [1.165, 1.54) is 6.92 Å². The summed E-state index contributed by atoms with van der Waals surface area (Å²) in [5.74, 6) is 0.757. The number of nitrogens with one attached hydrogen (secondary N) is 1. The van der Waals surface area contributed by atoms with Gasteiger partial charge in [-0.05, 0) is 32.6 Å². The molecule has 0 spiro atoms. The highest BCUT2D eigenvalue weighted by molar-refractivity contribution is 5.73. The summed E-state index contributed by atoms with van der Waals surface area (Å²) in [6.45, 7) is 7.70. The van der Waals surface area contributed by atoms with Crippen molar-refractivity contribution < 1.29 is 9.90 Å². The molecule has 88 valence electrons. The lowest BCUT2D eigenvalue weighted by Gasteiger charge is -2.42. The van der Waals surface area contributed by atoms with Crippen LogP contribution in [-0.4, -0.2) is 22.7 Å². The van der Waals surface area contributed by atoms with Gasteiger partial charge >= 0.3 is 0 Å². The molecule has 3 heteroatoms. The molecule has 0 radical (unpaired) electrons. The van der Waals surface area contributed by atoms with E-state index in [4.69, 9.17) is 0 Å². The van der Waals surface area contributed by atoms with Crippen LogP contribution in [0.3, 0.4) is 0 Å². The minimum atomic E-state index is -0.300. The number of aliphatic hydroxyl groups is 1. The smallest absolute Gasteiger partial charge is 0.217 e. The van der Waals surface area contributed by atoms with Crippen molar-refractivity contribution in [1.29, 1.82) is 0 Å². The zero-order chi connectivity index (χ0) is 11.6. The predicted octanol–water partition coefficient (Wildman–Crippen LogP) is 1.70. The van der Waals surface area contributed by atoms with Crippen LogP contribution in [0, 0.1) is 11.8 Å². The Balaban J connectivity index is 2.65. The van der Waals surface area contributed by atoms with Gasteiger partial charge in [0.2, 0.25) is 5.91 Å². The summed E-state index contributed by atoms with van der Waals surface area (Å²) in [6, 6.07) is 0. The van der Waals surface area contributed by atoms with E-state index in [2.05, 4.69) is 12.2 Å². The van der Waals surface area contributed by atoms with Gasteiger partial charge in [-0.15, -0.1) is 0 Å². The lowest BCUT2D eigenvalue weighted by atomic mass is 9.72. The minimum absolute atomic E-state index is 0.0224. The summed E-state index contributed by atoms with van der Waals surface area (Å²) >= 11 is 0. The minimum Gasteiger partial charge on any atom is -0.393 e. The summed E-state index contributed by atoms with van der Waals surface area (Å²) in [5, 5.41) is 13.0. The van der Waals surface area contributed by atoms with Crippen LogP contribution in [0.15, 0.2) is 0 Å². The van der Waals surface area contributed by atoms with Gasteiger partial charge in [0.15, 0.2) is 0 Å². The molecule has 3 atom stereocenters. The van der Waals surface area contributed by atoms with Crippen LogP contribution in [0.25, 0.3) is 0 Å². The van der Waals surface area contributed by atoms with Crippen LogP contribution in [0.2, 0.25) is 0 Å². The average Bonchev–Trinajstić information content (AvgIpc) is 1.99. The Bertz CT molecular complexity index is 238. The summed E-state index contributed by atoms with van der Waals surface area (Å²) in [7, 11) is 0. The molecule has 1 rings (SSSR count). The molecule has 0 aliphatic heterocycles. The Morgan fingerprint density at radius 3 is 2.47 bits per heavy atom. The lowest BCUT2D eigenvalue weighted by Crippen LogP contribution is -2.53. The Kier molecular flexibility index (Phi) is 3.77. The Morgan fingerprint density at radius 2 is 2.00 bits per heavy atom. The first-order chi connectivity index (χ1) is 6.83. The van der Waals surface area contributed by atoms with Crippen LogP contribution < -0.4 is 5.32 Å². The number of aliphatic hydroxyl groups excluding tert-OH is 1. The fraction of sp³-hybridized carbons (Fsp3) is 0.917. The standard InChI is InChI=1S/C12H23NO2/c1-8-5-6-10(11(15)7-8)12(3,4)13-9(2)14/h8,10-11,15H,5-7H2,1-4H3,(H,13,14). The monoisotopic (exact) mass is 213 g/mol. The van der Waals surface area contributed by atoms with Crippen molar-refractivity contribution in [3.63, 3.8) is 0 Å². The van der Waals surface area contributed by atoms with Crippen molar-refractivity contribution in [3.8, 4) is 0 Å². The van der Waals surface area contributed by atoms with Gasteiger partial charge < -0.3 is 10.4 Å². The van der Waals surface area contributed by atoms with E-state index in [9.17, 15) is 9.90 Å². The average molecular weight is 213 g/mol. The fourth-order valence-electron chi connectivity index (χ4n) is 2.74. The summed E-state index contributed by atoms with van der Waals surface area (Å²) in [5.41, 5.74) is -0.300. The highest BCUT2D eigenvalue weighted by atomic mass is 16.3. The highest BCUT2D eigenvalue weighted by Crippen LogP contribution is 2.35. The number of rotatable bonds is 2. The van der Waals surface area contributed by atoms with Gasteiger partial charge in [-0.25, -0.2) is 0 Å². The maximum Gasteiger partial charge on any atom is 0.217 e. The molecule has 0 aromatic carbocycles. The van der Waals surface area contributed by atoms with E-state index in [0.717, 1.165) is 19.3 Å². The molecule has 0 heterocycles. The van der Waals surface area contributed by atoms with Crippen molar-refractivity contribution in [2.75, 3.05) is 0 Å². The predicted molar refractivity (Wildman–Crippen MR) is 60.4 cm³/mol. The normalized spacial score (nSPS) is 32.5. The van der Waals surface area contributed by atoms with Gasteiger partial charge in [0.25, 0.3) is 0 Å². The second kappa shape index (κ2) is 4.52. The van der Waals surface area contributed by atoms with Crippen LogP contribution in [0.5, 0.6) is 0 Å². The number of hydrogen-bond donors (Lipinski definition) is 2. The SMILES string of the molecule is CC(=O)NC(C)(C)C1CCC(C)CC1O. The Labute approximate surface area is 92.3 Å². The lowest BCUT2D eigenvalue weighted by molar-refractivity contribution is -0.122. The molecule has 0 aromatic heterocycles. The third kappa shape index (κ3) is 3.20. The third-order valence-corrected chi connectivity index (χ3v) is 3.50. The van der Waals surface area contributed by atoms with Gasteiger partial charge in [0.1, 0.15) is 0 Å². The molecule has 15 heavy (non-hydrogen) atoms. The molecule has 0 saturated heterocycles. The molecule has 1 aliphatic rings. The molecule has 1 aliphatic carbocycles. The van der Waals surface area contributed by atoms with E-state index in [0.29, 0.717) is 5.92 Å². The van der Waals surface area contributed by atoms with E-state index < -0.39 is 0 Å². The van der Waals surface area contributed by atoms with Crippen LogP contribution in [0.4, 0.5) is 0 Å². The molecular formula is C12H23NO2. The Hall–Kier alpha value is -0.570. The van der Waals surface area contributed by atoms with Gasteiger partial charge in [-0.3, -0.25) is 4.79 Å². The van der Waals surface area contributed by atoms with E-state index in [-0.39, 0.29) is 23.5 Å². The second-order valence-electron chi connectivity index (χ2n) is 5.49. The molecule has 3 unspecified atom stereocenters. The maximum absolute atomic E-state index is 11.1. The zero-order valence-electron chi connectivity index (χ0n) is 10.2. The van der Waals surface area contributed by atoms with Crippen LogP contribution in [0.1, 0.15) is 47.0 Å². The zero-order valence-corrected chi connectivity index (χ0v) is 10.2. The van der Waals surface area contributed by atoms with Gasteiger partial charge in [-0.2, -0.15) is 0 Å². The van der Waals surface area contributed by atoms with Crippen molar-refractivity contribution in [2.24, 2.45) is 11.8 Å². The third-order valence-electron chi connectivity index (χ3n) is 3.50. The first-order valence-electron chi connectivity index (χ1n) is 5.79. The molecular weight excluding hydrogens is 190 g/mol. The van der Waals surface area contributed by atoms with Crippen LogP contribution in [-0.2, 0) is 4.79 Å². The van der Waals surface area contributed by atoms with Gasteiger partial charge in [0.05, 0.1) is 6.10 Å². The quantitative estimate of drug-likeness (QED) is 0.733.